The van der Waals surface area contributed by atoms with E-state index in [2.05, 4.69) is 47.4 Å². The SMILES string of the molecule is C=C(N1CCN(C)C(C)(C)C1)C(C)(C)O.Cc1ccc(-c2cc(C(C)C)c3nc(C=O)cn3n2)cc1F. The smallest absolute Gasteiger partial charge is 0.170 e. The Morgan fingerprint density at radius 3 is 2.46 bits per heavy atom. The molecule has 1 N–H and O–H groups in total. The summed E-state index contributed by atoms with van der Waals surface area (Å²) in [5.74, 6) is -0.0499. The van der Waals surface area contributed by atoms with Gasteiger partial charge in [-0.25, -0.2) is 13.9 Å². The Morgan fingerprint density at radius 1 is 1.24 bits per heavy atom. The largest absolute Gasteiger partial charge is 0.384 e. The van der Waals surface area contributed by atoms with Gasteiger partial charge in [0.25, 0.3) is 0 Å². The van der Waals surface area contributed by atoms with Gasteiger partial charge in [-0.05, 0) is 65.3 Å². The van der Waals surface area contributed by atoms with E-state index < -0.39 is 5.60 Å². The van der Waals surface area contributed by atoms with Crippen LogP contribution in [0.1, 0.15) is 69.1 Å². The molecule has 0 radical (unpaired) electrons. The van der Waals surface area contributed by atoms with Crippen molar-refractivity contribution in [3.8, 4) is 11.3 Å². The molecule has 0 unspecified atom stereocenters. The van der Waals surface area contributed by atoms with Gasteiger partial charge in [0.1, 0.15) is 11.5 Å². The van der Waals surface area contributed by atoms with E-state index in [0.717, 1.165) is 30.9 Å². The summed E-state index contributed by atoms with van der Waals surface area (Å²) in [5.41, 5.74) is 4.08. The van der Waals surface area contributed by atoms with E-state index in [1.54, 1.807) is 37.5 Å². The first-order chi connectivity index (χ1) is 17.1. The number of aryl methyl sites for hydroxylation is 1. The molecule has 8 heteroatoms. The fourth-order valence-electron chi connectivity index (χ4n) is 4.25. The van der Waals surface area contributed by atoms with Crippen LogP contribution in [0, 0.1) is 12.7 Å². The molecular weight excluding hydrogens is 469 g/mol. The number of hydrogen-bond acceptors (Lipinski definition) is 6. The van der Waals surface area contributed by atoms with Crippen molar-refractivity contribution in [2.24, 2.45) is 0 Å². The first-order valence-corrected chi connectivity index (χ1v) is 12.6. The summed E-state index contributed by atoms with van der Waals surface area (Å²) in [5, 5.41) is 14.4. The van der Waals surface area contributed by atoms with Crippen LogP contribution < -0.4 is 0 Å². The number of piperazine rings is 1. The summed E-state index contributed by atoms with van der Waals surface area (Å²) in [4.78, 5) is 19.8. The summed E-state index contributed by atoms with van der Waals surface area (Å²) in [6.45, 7) is 20.7. The third-order valence-electron chi connectivity index (χ3n) is 7.09. The quantitative estimate of drug-likeness (QED) is 0.484. The van der Waals surface area contributed by atoms with Crippen molar-refractivity contribution in [3.05, 3.63) is 65.4 Å². The maximum atomic E-state index is 13.8. The van der Waals surface area contributed by atoms with Crippen LogP contribution in [0.4, 0.5) is 4.39 Å². The number of nitrogens with zero attached hydrogens (tertiary/aromatic N) is 5. The molecule has 1 aliphatic heterocycles. The average molecular weight is 510 g/mol. The molecule has 1 saturated heterocycles. The van der Waals surface area contributed by atoms with E-state index in [1.807, 2.05) is 26.0 Å². The van der Waals surface area contributed by atoms with Crippen molar-refractivity contribution in [2.75, 3.05) is 26.7 Å². The monoisotopic (exact) mass is 509 g/mol. The van der Waals surface area contributed by atoms with Gasteiger partial charge >= 0.3 is 0 Å². The van der Waals surface area contributed by atoms with Crippen LogP contribution >= 0.6 is 0 Å². The molecule has 0 aliphatic carbocycles. The summed E-state index contributed by atoms with van der Waals surface area (Å²) in [6.07, 6.45) is 2.28. The lowest BCUT2D eigenvalue weighted by molar-refractivity contribution is 0.0209. The Kier molecular flexibility index (Phi) is 8.24. The average Bonchev–Trinajstić information content (AvgIpc) is 3.24. The number of carbonyl (C=O) groups is 1. The van der Waals surface area contributed by atoms with E-state index in [0.29, 0.717) is 34.4 Å². The van der Waals surface area contributed by atoms with Gasteiger partial charge in [-0.15, -0.1) is 0 Å². The van der Waals surface area contributed by atoms with Crippen LogP contribution in [0.25, 0.3) is 16.9 Å². The Morgan fingerprint density at radius 2 is 1.92 bits per heavy atom. The zero-order valence-corrected chi connectivity index (χ0v) is 23.3. The third-order valence-corrected chi connectivity index (χ3v) is 7.09. The van der Waals surface area contributed by atoms with Gasteiger partial charge in [0.15, 0.2) is 11.9 Å². The van der Waals surface area contributed by atoms with Gasteiger partial charge < -0.3 is 10.0 Å². The lowest BCUT2D eigenvalue weighted by Crippen LogP contribution is -2.58. The van der Waals surface area contributed by atoms with Crippen LogP contribution in [0.5, 0.6) is 0 Å². The highest BCUT2D eigenvalue weighted by Gasteiger charge is 2.34. The summed E-state index contributed by atoms with van der Waals surface area (Å²) < 4.78 is 15.4. The number of fused-ring (bicyclic) bond motifs is 1. The molecule has 1 fully saturated rings. The molecule has 0 bridgehead atoms. The number of likely N-dealkylation sites (N-methyl/N-ethyl adjacent to an activating group) is 1. The lowest BCUT2D eigenvalue weighted by atomic mass is 9.96. The first kappa shape index (κ1) is 28.5. The predicted octanol–water partition coefficient (Wildman–Crippen LogP) is 5.08. The van der Waals surface area contributed by atoms with Crippen LogP contribution in [-0.4, -0.2) is 73.6 Å². The minimum atomic E-state index is -0.814. The minimum absolute atomic E-state index is 0.145. The fourth-order valence-corrected chi connectivity index (χ4v) is 4.25. The molecule has 0 amide bonds. The number of imidazole rings is 1. The van der Waals surface area contributed by atoms with Gasteiger partial charge in [-0.1, -0.05) is 32.6 Å². The van der Waals surface area contributed by atoms with Gasteiger partial charge in [0, 0.05) is 42.0 Å². The van der Waals surface area contributed by atoms with Crippen molar-refractivity contribution >= 4 is 11.9 Å². The number of aliphatic hydroxyl groups is 1. The van der Waals surface area contributed by atoms with Crippen molar-refractivity contribution < 1.29 is 14.3 Å². The van der Waals surface area contributed by atoms with Crippen LogP contribution in [-0.2, 0) is 0 Å². The number of aromatic nitrogens is 3. The van der Waals surface area contributed by atoms with Crippen molar-refractivity contribution in [1.82, 2.24) is 24.4 Å². The second kappa shape index (κ2) is 10.7. The van der Waals surface area contributed by atoms with Crippen molar-refractivity contribution in [2.45, 2.75) is 65.5 Å². The summed E-state index contributed by atoms with van der Waals surface area (Å²) in [6, 6.07) is 6.96. The highest BCUT2D eigenvalue weighted by Crippen LogP contribution is 2.27. The number of benzene rings is 1. The molecule has 200 valence electrons. The van der Waals surface area contributed by atoms with Gasteiger partial charge in [-0.3, -0.25) is 9.69 Å². The third kappa shape index (κ3) is 6.43. The van der Waals surface area contributed by atoms with Crippen LogP contribution in [0.2, 0.25) is 0 Å². The molecule has 3 aromatic rings. The van der Waals surface area contributed by atoms with E-state index in [1.165, 1.54) is 6.07 Å². The van der Waals surface area contributed by atoms with Crippen molar-refractivity contribution in [1.29, 1.82) is 0 Å². The van der Waals surface area contributed by atoms with E-state index in [4.69, 9.17) is 0 Å². The molecule has 1 aliphatic rings. The molecule has 1 aromatic carbocycles. The van der Waals surface area contributed by atoms with Gasteiger partial charge in [0.2, 0.25) is 0 Å². The molecule has 37 heavy (non-hydrogen) atoms. The van der Waals surface area contributed by atoms with E-state index in [-0.39, 0.29) is 17.3 Å². The summed E-state index contributed by atoms with van der Waals surface area (Å²) >= 11 is 0. The molecule has 3 heterocycles. The molecule has 7 nitrogen and oxygen atoms in total. The second-order valence-corrected chi connectivity index (χ2v) is 11.3. The number of aldehydes is 1. The van der Waals surface area contributed by atoms with E-state index in [9.17, 15) is 14.3 Å². The Balaban J connectivity index is 0.000000222. The first-order valence-electron chi connectivity index (χ1n) is 12.6. The summed E-state index contributed by atoms with van der Waals surface area (Å²) in [7, 11) is 2.14. The fraction of sp³-hybridized carbons (Fsp3) is 0.483. The zero-order valence-electron chi connectivity index (χ0n) is 23.3. The standard InChI is InChI=1S/C17H16FN3O.C12H24N2O/c1-10(2)14-7-16(12-5-4-11(3)15(18)6-12)20-21-8-13(9-22)19-17(14)21;1-10(12(4,5)15)14-8-7-13(6)11(2,3)9-14/h4-10H,1-3H3;15H,1,7-9H2,2-6H3. The van der Waals surface area contributed by atoms with Crippen LogP contribution in [0.3, 0.4) is 0 Å². The minimum Gasteiger partial charge on any atom is -0.384 e. The normalized spacial score (nSPS) is 16.0. The van der Waals surface area contributed by atoms with Crippen molar-refractivity contribution in [3.63, 3.8) is 0 Å². The zero-order chi connectivity index (χ0) is 27.7. The number of halogens is 1. The molecule has 2 aromatic heterocycles. The molecule has 0 atom stereocenters. The Bertz CT molecular complexity index is 1290. The topological polar surface area (TPSA) is 74.0 Å². The van der Waals surface area contributed by atoms with Gasteiger partial charge in [-0.2, -0.15) is 5.10 Å². The Hall–Kier alpha value is -3.10. The molecule has 0 spiro atoms. The maximum absolute atomic E-state index is 13.8. The second-order valence-electron chi connectivity index (χ2n) is 11.3. The number of rotatable bonds is 5. The van der Waals surface area contributed by atoms with Gasteiger partial charge in [0.05, 0.1) is 17.5 Å². The number of carbonyl (C=O) groups excluding carboxylic acids is 1. The molecule has 0 saturated carbocycles. The number of hydrogen-bond donors (Lipinski definition) is 1. The Labute approximate surface area is 219 Å². The maximum Gasteiger partial charge on any atom is 0.170 e. The molecular formula is C29H40FN5O2. The van der Waals surface area contributed by atoms with Crippen LogP contribution in [0.15, 0.2) is 42.7 Å². The highest BCUT2D eigenvalue weighted by atomic mass is 19.1. The van der Waals surface area contributed by atoms with E-state index >= 15 is 0 Å². The molecule has 4 rings (SSSR count). The lowest BCUT2D eigenvalue weighted by Gasteiger charge is -2.48. The highest BCUT2D eigenvalue weighted by molar-refractivity contribution is 5.74. The predicted molar refractivity (Wildman–Crippen MR) is 146 cm³/mol.